The minimum absolute atomic E-state index is 0.229. The van der Waals surface area contributed by atoms with Gasteiger partial charge < -0.3 is 15.0 Å². The fourth-order valence-electron chi connectivity index (χ4n) is 3.63. The van der Waals surface area contributed by atoms with Gasteiger partial charge in [0.1, 0.15) is 5.75 Å². The van der Waals surface area contributed by atoms with Gasteiger partial charge in [0.25, 0.3) is 0 Å². The highest BCUT2D eigenvalue weighted by Crippen LogP contribution is 2.43. The van der Waals surface area contributed by atoms with Gasteiger partial charge in [0.15, 0.2) is 0 Å². The molecule has 3 rings (SSSR count). The Labute approximate surface area is 115 Å². The van der Waals surface area contributed by atoms with Crippen LogP contribution in [0.1, 0.15) is 31.7 Å². The lowest BCUT2D eigenvalue weighted by Gasteiger charge is -2.31. The largest absolute Gasteiger partial charge is 0.497 e. The molecule has 0 aromatic heterocycles. The lowest BCUT2D eigenvalue weighted by Crippen LogP contribution is -2.35. The first-order valence-electron chi connectivity index (χ1n) is 7.25. The Kier molecular flexibility index (Phi) is 3.17. The van der Waals surface area contributed by atoms with E-state index in [1.54, 1.807) is 7.11 Å². The SMILES string of the molecule is COc1ccc2c(c1)C(C)(C[C@@H]1CCCN1C)CN2. The van der Waals surface area contributed by atoms with Crippen LogP contribution >= 0.6 is 0 Å². The first-order valence-corrected chi connectivity index (χ1v) is 7.25. The number of fused-ring (bicyclic) bond motifs is 1. The molecule has 1 fully saturated rings. The molecule has 1 saturated heterocycles. The molecule has 0 aliphatic carbocycles. The van der Waals surface area contributed by atoms with Gasteiger partial charge in [-0.3, -0.25) is 0 Å². The lowest BCUT2D eigenvalue weighted by atomic mass is 9.78. The summed E-state index contributed by atoms with van der Waals surface area (Å²) in [4.78, 5) is 2.52. The fraction of sp³-hybridized carbons (Fsp3) is 0.625. The van der Waals surface area contributed by atoms with Gasteiger partial charge >= 0.3 is 0 Å². The van der Waals surface area contributed by atoms with E-state index < -0.39 is 0 Å². The van der Waals surface area contributed by atoms with Gasteiger partial charge in [-0.15, -0.1) is 0 Å². The molecule has 1 aromatic rings. The number of ether oxygens (including phenoxy) is 1. The first kappa shape index (κ1) is 12.8. The van der Waals surface area contributed by atoms with Crippen molar-refractivity contribution < 1.29 is 4.74 Å². The van der Waals surface area contributed by atoms with E-state index in [2.05, 4.69) is 36.3 Å². The molecule has 0 radical (unpaired) electrons. The van der Waals surface area contributed by atoms with Gasteiger partial charge in [0.05, 0.1) is 7.11 Å². The van der Waals surface area contributed by atoms with E-state index in [0.29, 0.717) is 0 Å². The van der Waals surface area contributed by atoms with Crippen LogP contribution in [0.15, 0.2) is 18.2 Å². The van der Waals surface area contributed by atoms with Crippen LogP contribution in [0.4, 0.5) is 5.69 Å². The van der Waals surface area contributed by atoms with Crippen LogP contribution in [0.3, 0.4) is 0 Å². The summed E-state index contributed by atoms with van der Waals surface area (Å²) in [6, 6.07) is 7.13. The summed E-state index contributed by atoms with van der Waals surface area (Å²) in [5.41, 5.74) is 2.93. The number of nitrogens with zero attached hydrogens (tertiary/aromatic N) is 1. The molecule has 2 aliphatic heterocycles. The number of nitrogens with one attached hydrogen (secondary N) is 1. The lowest BCUT2D eigenvalue weighted by molar-refractivity contribution is 0.254. The molecule has 3 nitrogen and oxygen atoms in total. The summed E-state index contributed by atoms with van der Waals surface area (Å²) >= 11 is 0. The molecule has 2 atom stereocenters. The predicted octanol–water partition coefficient (Wildman–Crippen LogP) is 2.86. The number of methoxy groups -OCH3 is 1. The van der Waals surface area contributed by atoms with E-state index in [4.69, 9.17) is 4.74 Å². The van der Waals surface area contributed by atoms with Gasteiger partial charge in [0, 0.05) is 23.7 Å². The standard InChI is InChI=1S/C16H24N2O/c1-16(10-12-5-4-8-18(12)2)11-17-15-7-6-13(19-3)9-14(15)16/h6-7,9,12,17H,4-5,8,10-11H2,1-3H3/t12-,16?/m0/s1. The van der Waals surface area contributed by atoms with E-state index in [0.717, 1.165) is 18.3 Å². The second kappa shape index (κ2) is 4.71. The van der Waals surface area contributed by atoms with Crippen LogP contribution in [0.25, 0.3) is 0 Å². The van der Waals surface area contributed by atoms with Gasteiger partial charge in [-0.05, 0) is 56.6 Å². The summed E-state index contributed by atoms with van der Waals surface area (Å²) in [7, 11) is 4.00. The third-order valence-electron chi connectivity index (χ3n) is 4.90. The van der Waals surface area contributed by atoms with Crippen LogP contribution < -0.4 is 10.1 Å². The highest BCUT2D eigenvalue weighted by Gasteiger charge is 2.38. The smallest absolute Gasteiger partial charge is 0.119 e. The molecule has 0 saturated carbocycles. The molecule has 19 heavy (non-hydrogen) atoms. The summed E-state index contributed by atoms with van der Waals surface area (Å²) in [6.45, 7) is 4.68. The van der Waals surface area contributed by atoms with Crippen LogP contribution in [0.5, 0.6) is 5.75 Å². The summed E-state index contributed by atoms with van der Waals surface area (Å²) in [5, 5.41) is 3.56. The molecule has 1 unspecified atom stereocenters. The molecule has 0 spiro atoms. The normalized spacial score (nSPS) is 30.2. The minimum Gasteiger partial charge on any atom is -0.497 e. The predicted molar refractivity (Wildman–Crippen MR) is 79.1 cm³/mol. The molecule has 2 heterocycles. The second-order valence-corrected chi connectivity index (χ2v) is 6.31. The van der Waals surface area contributed by atoms with Crippen LogP contribution in [-0.4, -0.2) is 38.2 Å². The van der Waals surface area contributed by atoms with E-state index in [9.17, 15) is 0 Å². The monoisotopic (exact) mass is 260 g/mol. The third kappa shape index (κ3) is 2.20. The van der Waals surface area contributed by atoms with Crippen LogP contribution in [-0.2, 0) is 5.41 Å². The third-order valence-corrected chi connectivity index (χ3v) is 4.90. The zero-order valence-electron chi connectivity index (χ0n) is 12.2. The van der Waals surface area contributed by atoms with Crippen molar-refractivity contribution in [1.29, 1.82) is 0 Å². The average molecular weight is 260 g/mol. The zero-order valence-corrected chi connectivity index (χ0v) is 12.2. The second-order valence-electron chi connectivity index (χ2n) is 6.31. The van der Waals surface area contributed by atoms with Crippen molar-refractivity contribution in [3.63, 3.8) is 0 Å². The quantitative estimate of drug-likeness (QED) is 0.904. The number of hydrogen-bond acceptors (Lipinski definition) is 3. The molecular formula is C16H24N2O. The van der Waals surface area contributed by atoms with Crippen molar-refractivity contribution in [2.75, 3.05) is 32.6 Å². The van der Waals surface area contributed by atoms with Gasteiger partial charge in [-0.2, -0.15) is 0 Å². The topological polar surface area (TPSA) is 24.5 Å². The number of hydrogen-bond donors (Lipinski definition) is 1. The number of likely N-dealkylation sites (tertiary alicyclic amines) is 1. The number of rotatable bonds is 3. The van der Waals surface area contributed by atoms with E-state index >= 15 is 0 Å². The fourth-order valence-corrected chi connectivity index (χ4v) is 3.63. The highest BCUT2D eigenvalue weighted by atomic mass is 16.5. The van der Waals surface area contributed by atoms with Gasteiger partial charge in [0.2, 0.25) is 0 Å². The molecule has 1 N–H and O–H groups in total. The Morgan fingerprint density at radius 2 is 2.32 bits per heavy atom. The van der Waals surface area contributed by atoms with Crippen molar-refractivity contribution in [2.45, 2.75) is 37.6 Å². The zero-order chi connectivity index (χ0) is 13.5. The van der Waals surface area contributed by atoms with Crippen molar-refractivity contribution in [1.82, 2.24) is 4.90 Å². The van der Waals surface area contributed by atoms with Crippen LogP contribution in [0.2, 0.25) is 0 Å². The average Bonchev–Trinajstić information content (AvgIpc) is 2.95. The molecule has 0 bridgehead atoms. The van der Waals surface area contributed by atoms with Crippen LogP contribution in [0, 0.1) is 0 Å². The maximum atomic E-state index is 5.39. The van der Waals surface area contributed by atoms with Gasteiger partial charge in [-0.1, -0.05) is 6.92 Å². The Balaban J connectivity index is 1.86. The maximum Gasteiger partial charge on any atom is 0.119 e. The maximum absolute atomic E-state index is 5.39. The Bertz CT molecular complexity index is 474. The Morgan fingerprint density at radius 3 is 3.00 bits per heavy atom. The summed E-state index contributed by atoms with van der Waals surface area (Å²) in [6.07, 6.45) is 3.91. The van der Waals surface area contributed by atoms with Crippen molar-refractivity contribution >= 4 is 5.69 Å². The minimum atomic E-state index is 0.229. The molecule has 1 aromatic carbocycles. The van der Waals surface area contributed by atoms with Crippen molar-refractivity contribution in [3.8, 4) is 5.75 Å². The number of anilines is 1. The summed E-state index contributed by atoms with van der Waals surface area (Å²) < 4.78 is 5.39. The Morgan fingerprint density at radius 1 is 1.47 bits per heavy atom. The van der Waals surface area contributed by atoms with Crippen molar-refractivity contribution in [2.24, 2.45) is 0 Å². The Hall–Kier alpha value is -1.22. The van der Waals surface area contributed by atoms with Gasteiger partial charge in [-0.25, -0.2) is 0 Å². The molecule has 3 heteroatoms. The summed E-state index contributed by atoms with van der Waals surface area (Å²) in [5.74, 6) is 0.966. The van der Waals surface area contributed by atoms with E-state index in [1.165, 1.54) is 37.1 Å². The highest BCUT2D eigenvalue weighted by molar-refractivity contribution is 5.62. The molecule has 2 aliphatic rings. The molecular weight excluding hydrogens is 236 g/mol. The van der Waals surface area contributed by atoms with Crippen molar-refractivity contribution in [3.05, 3.63) is 23.8 Å². The van der Waals surface area contributed by atoms with E-state index in [1.807, 2.05) is 6.07 Å². The molecule has 0 amide bonds. The number of benzene rings is 1. The van der Waals surface area contributed by atoms with E-state index in [-0.39, 0.29) is 5.41 Å². The first-order chi connectivity index (χ1) is 9.12. The molecule has 104 valence electrons.